The average Bonchev–Trinajstić information content (AvgIpc) is 2.70. The van der Waals surface area contributed by atoms with E-state index in [2.05, 4.69) is 47.4 Å². The number of nitrogens with zero attached hydrogens (tertiary/aromatic N) is 3. The van der Waals surface area contributed by atoms with Gasteiger partial charge in [-0.1, -0.05) is 13.8 Å². The molecule has 1 atom stereocenters. The van der Waals surface area contributed by atoms with E-state index in [1.807, 2.05) is 12.3 Å². The van der Waals surface area contributed by atoms with Crippen LogP contribution in [-0.2, 0) is 6.54 Å². The third-order valence-electron chi connectivity index (χ3n) is 5.15. The minimum atomic E-state index is 0. The molecular formula is C22H40IN5O. The number of hydrogen-bond acceptors (Lipinski definition) is 4. The maximum Gasteiger partial charge on any atom is 0.191 e. The van der Waals surface area contributed by atoms with Gasteiger partial charge < -0.3 is 20.6 Å². The van der Waals surface area contributed by atoms with Gasteiger partial charge in [0, 0.05) is 39.0 Å². The van der Waals surface area contributed by atoms with Gasteiger partial charge in [-0.05, 0) is 68.6 Å². The van der Waals surface area contributed by atoms with Gasteiger partial charge in [-0.25, -0.2) is 9.98 Å². The summed E-state index contributed by atoms with van der Waals surface area (Å²) in [7, 11) is 0. The molecule has 2 rings (SSSR count). The van der Waals surface area contributed by atoms with Gasteiger partial charge in [-0.15, -0.1) is 24.0 Å². The summed E-state index contributed by atoms with van der Waals surface area (Å²) in [5, 5.41) is 16.1. The number of piperidine rings is 1. The summed E-state index contributed by atoms with van der Waals surface area (Å²) in [4.78, 5) is 11.7. The van der Waals surface area contributed by atoms with E-state index in [0.717, 1.165) is 50.8 Å². The molecule has 0 spiro atoms. The number of halogens is 1. The van der Waals surface area contributed by atoms with Gasteiger partial charge in [0.25, 0.3) is 0 Å². The van der Waals surface area contributed by atoms with E-state index in [0.29, 0.717) is 18.4 Å². The Labute approximate surface area is 194 Å². The van der Waals surface area contributed by atoms with Gasteiger partial charge in [-0.2, -0.15) is 0 Å². The quantitative estimate of drug-likeness (QED) is 0.250. The standard InChI is InChI=1S/C22H39N5O.HI/c1-4-23-22(26-17-20(9-13-28)14-18(2)3)25-16-19-8-10-24-21(15-19)27-11-6-5-7-12-27;/h8,10,15,18,20,28H,4-7,9,11-14,16-17H2,1-3H3,(H2,23,25,26);1H. The molecule has 0 radical (unpaired) electrons. The Morgan fingerprint density at radius 3 is 2.66 bits per heavy atom. The van der Waals surface area contributed by atoms with Crippen LogP contribution in [-0.4, -0.2) is 48.8 Å². The van der Waals surface area contributed by atoms with Crippen LogP contribution >= 0.6 is 24.0 Å². The van der Waals surface area contributed by atoms with Crippen molar-refractivity contribution in [3.05, 3.63) is 23.9 Å². The zero-order valence-corrected chi connectivity index (χ0v) is 20.7. The molecule has 1 aliphatic heterocycles. The van der Waals surface area contributed by atoms with Crippen molar-refractivity contribution < 1.29 is 5.11 Å². The van der Waals surface area contributed by atoms with Gasteiger partial charge in [0.2, 0.25) is 0 Å². The number of aliphatic hydroxyl groups is 1. The van der Waals surface area contributed by atoms with Crippen molar-refractivity contribution in [2.24, 2.45) is 16.8 Å². The summed E-state index contributed by atoms with van der Waals surface area (Å²) < 4.78 is 0. The molecule has 0 saturated carbocycles. The topological polar surface area (TPSA) is 72.8 Å². The van der Waals surface area contributed by atoms with E-state index < -0.39 is 0 Å². The predicted molar refractivity (Wildman–Crippen MR) is 133 cm³/mol. The molecule has 0 aliphatic carbocycles. The summed E-state index contributed by atoms with van der Waals surface area (Å²) in [6.07, 6.45) is 7.67. The van der Waals surface area contributed by atoms with Gasteiger partial charge in [0.05, 0.1) is 6.54 Å². The highest BCUT2D eigenvalue weighted by Gasteiger charge is 2.13. The van der Waals surface area contributed by atoms with Gasteiger partial charge in [0.15, 0.2) is 5.96 Å². The number of nitrogens with one attached hydrogen (secondary N) is 2. The van der Waals surface area contributed by atoms with E-state index >= 15 is 0 Å². The molecule has 6 nitrogen and oxygen atoms in total. The first-order valence-corrected chi connectivity index (χ1v) is 10.9. The highest BCUT2D eigenvalue weighted by Crippen LogP contribution is 2.19. The predicted octanol–water partition coefficient (Wildman–Crippen LogP) is 3.79. The molecule has 0 bridgehead atoms. The summed E-state index contributed by atoms with van der Waals surface area (Å²) in [5.41, 5.74) is 1.18. The number of aliphatic imine (C=N–C) groups is 1. The first kappa shape index (κ1) is 25.9. The highest BCUT2D eigenvalue weighted by atomic mass is 127. The van der Waals surface area contributed by atoms with Crippen LogP contribution in [0.5, 0.6) is 0 Å². The molecule has 1 aromatic rings. The number of hydrogen-bond donors (Lipinski definition) is 3. The Balaban J connectivity index is 0.00000420. The van der Waals surface area contributed by atoms with Crippen molar-refractivity contribution >= 4 is 35.8 Å². The lowest BCUT2D eigenvalue weighted by Gasteiger charge is -2.27. The van der Waals surface area contributed by atoms with Crippen molar-refractivity contribution in [1.82, 2.24) is 15.6 Å². The van der Waals surface area contributed by atoms with Crippen molar-refractivity contribution in [2.75, 3.05) is 37.7 Å². The lowest BCUT2D eigenvalue weighted by Crippen LogP contribution is -2.40. The average molecular weight is 518 g/mol. The van der Waals surface area contributed by atoms with E-state index in [1.165, 1.54) is 24.8 Å². The van der Waals surface area contributed by atoms with Crippen LogP contribution in [0, 0.1) is 11.8 Å². The van der Waals surface area contributed by atoms with Gasteiger partial charge >= 0.3 is 0 Å². The monoisotopic (exact) mass is 517 g/mol. The number of pyridine rings is 1. The number of aliphatic hydroxyl groups excluding tert-OH is 1. The van der Waals surface area contributed by atoms with Crippen LogP contribution in [0.15, 0.2) is 23.3 Å². The molecule has 1 fully saturated rings. The number of rotatable bonds is 10. The molecule has 1 saturated heterocycles. The van der Waals surface area contributed by atoms with Crippen LogP contribution in [0.4, 0.5) is 5.82 Å². The summed E-state index contributed by atoms with van der Waals surface area (Å²) in [6, 6.07) is 4.22. The molecular weight excluding hydrogens is 477 g/mol. The lowest BCUT2D eigenvalue weighted by molar-refractivity contribution is 0.243. The Kier molecular flexibility index (Phi) is 13.3. The Morgan fingerprint density at radius 2 is 2.00 bits per heavy atom. The van der Waals surface area contributed by atoms with E-state index in [4.69, 9.17) is 4.99 Å². The smallest absolute Gasteiger partial charge is 0.191 e. The third-order valence-corrected chi connectivity index (χ3v) is 5.15. The van der Waals surface area contributed by atoms with Crippen LogP contribution < -0.4 is 15.5 Å². The normalized spacial score (nSPS) is 15.8. The molecule has 2 heterocycles. The van der Waals surface area contributed by atoms with Crippen LogP contribution in [0.2, 0.25) is 0 Å². The zero-order chi connectivity index (χ0) is 20.2. The number of aromatic nitrogens is 1. The van der Waals surface area contributed by atoms with E-state index in [1.54, 1.807) is 0 Å². The molecule has 1 aromatic heterocycles. The van der Waals surface area contributed by atoms with Crippen LogP contribution in [0.1, 0.15) is 58.4 Å². The van der Waals surface area contributed by atoms with Crippen molar-refractivity contribution in [3.63, 3.8) is 0 Å². The second-order valence-electron chi connectivity index (χ2n) is 8.15. The van der Waals surface area contributed by atoms with Gasteiger partial charge in [0.1, 0.15) is 5.82 Å². The molecule has 1 aliphatic rings. The fourth-order valence-electron chi connectivity index (χ4n) is 3.76. The van der Waals surface area contributed by atoms with Crippen molar-refractivity contribution in [3.8, 4) is 0 Å². The van der Waals surface area contributed by atoms with Gasteiger partial charge in [-0.3, -0.25) is 0 Å². The van der Waals surface area contributed by atoms with E-state index in [9.17, 15) is 5.11 Å². The molecule has 7 heteroatoms. The molecule has 29 heavy (non-hydrogen) atoms. The second kappa shape index (κ2) is 14.8. The fourth-order valence-corrected chi connectivity index (χ4v) is 3.76. The second-order valence-corrected chi connectivity index (χ2v) is 8.15. The summed E-state index contributed by atoms with van der Waals surface area (Å²) in [5.74, 6) is 3.00. The first-order chi connectivity index (χ1) is 13.6. The molecule has 0 amide bonds. The maximum absolute atomic E-state index is 9.32. The SMILES string of the molecule is CCNC(=NCc1ccnc(N2CCCCC2)c1)NCC(CCO)CC(C)C.I. The Morgan fingerprint density at radius 1 is 1.24 bits per heavy atom. The lowest BCUT2D eigenvalue weighted by atomic mass is 9.94. The van der Waals surface area contributed by atoms with E-state index in [-0.39, 0.29) is 30.6 Å². The molecule has 166 valence electrons. The summed E-state index contributed by atoms with van der Waals surface area (Å²) in [6.45, 7) is 11.3. The minimum absolute atomic E-state index is 0. The zero-order valence-electron chi connectivity index (χ0n) is 18.4. The molecule has 0 aromatic carbocycles. The van der Waals surface area contributed by atoms with Crippen LogP contribution in [0.3, 0.4) is 0 Å². The van der Waals surface area contributed by atoms with Crippen molar-refractivity contribution in [2.45, 2.75) is 59.4 Å². The largest absolute Gasteiger partial charge is 0.396 e. The molecule has 3 N–H and O–H groups in total. The Bertz CT molecular complexity index is 590. The highest BCUT2D eigenvalue weighted by molar-refractivity contribution is 14.0. The minimum Gasteiger partial charge on any atom is -0.396 e. The first-order valence-electron chi connectivity index (χ1n) is 10.9. The number of guanidine groups is 1. The third kappa shape index (κ3) is 9.98. The fraction of sp³-hybridized carbons (Fsp3) is 0.727. The molecule has 1 unspecified atom stereocenters. The summed E-state index contributed by atoms with van der Waals surface area (Å²) >= 11 is 0. The van der Waals surface area contributed by atoms with Crippen LogP contribution in [0.25, 0.3) is 0 Å². The van der Waals surface area contributed by atoms with Crippen molar-refractivity contribution in [1.29, 1.82) is 0 Å². The maximum atomic E-state index is 9.32. The number of anilines is 1. The Hall–Kier alpha value is -1.09.